The number of likely N-dealkylation sites (tertiary alicyclic amines) is 1. The molecule has 2 amide bonds. The van der Waals surface area contributed by atoms with Gasteiger partial charge in [0.1, 0.15) is 6.04 Å². The molecule has 2 N–H and O–H groups in total. The molecule has 0 aliphatic carbocycles. The van der Waals surface area contributed by atoms with Gasteiger partial charge in [0.05, 0.1) is 10.3 Å². The maximum Gasteiger partial charge on any atom is 0.311 e. The Balaban J connectivity index is 2.13. The van der Waals surface area contributed by atoms with Gasteiger partial charge >= 0.3 is 5.97 Å². The first-order valence-corrected chi connectivity index (χ1v) is 9.43. The molecule has 2 atom stereocenters. The third-order valence-electron chi connectivity index (χ3n) is 5.11. The van der Waals surface area contributed by atoms with Crippen molar-refractivity contribution in [2.24, 2.45) is 17.3 Å². The molecule has 25 heavy (non-hydrogen) atoms. The Bertz CT molecular complexity index is 642. The molecular formula is C18H26N2O4S. The van der Waals surface area contributed by atoms with Crippen LogP contribution in [0.4, 0.5) is 0 Å². The van der Waals surface area contributed by atoms with Crippen LogP contribution in [-0.4, -0.2) is 46.9 Å². The van der Waals surface area contributed by atoms with Crippen molar-refractivity contribution in [2.75, 3.05) is 13.1 Å². The lowest BCUT2D eigenvalue weighted by molar-refractivity contribution is -0.151. The SMILES string of the molecule is CC(C)C(NC(=O)c1cccs1)C(=O)N1CCC(C(=O)O)(C(C)C)C1. The number of hydrogen-bond donors (Lipinski definition) is 2. The fourth-order valence-electron chi connectivity index (χ4n) is 3.24. The lowest BCUT2D eigenvalue weighted by Crippen LogP contribution is -2.51. The van der Waals surface area contributed by atoms with E-state index in [0.717, 1.165) is 0 Å². The molecule has 0 spiro atoms. The van der Waals surface area contributed by atoms with E-state index in [0.29, 0.717) is 17.8 Å². The van der Waals surface area contributed by atoms with Crippen molar-refractivity contribution in [3.63, 3.8) is 0 Å². The van der Waals surface area contributed by atoms with Crippen molar-refractivity contribution >= 4 is 29.1 Å². The van der Waals surface area contributed by atoms with Gasteiger partial charge in [0.15, 0.2) is 0 Å². The van der Waals surface area contributed by atoms with Crippen LogP contribution in [0.3, 0.4) is 0 Å². The fraction of sp³-hybridized carbons (Fsp3) is 0.611. The van der Waals surface area contributed by atoms with Gasteiger partial charge < -0.3 is 15.3 Å². The van der Waals surface area contributed by atoms with Gasteiger partial charge in [-0.2, -0.15) is 0 Å². The summed E-state index contributed by atoms with van der Waals surface area (Å²) in [5.74, 6) is -1.49. The monoisotopic (exact) mass is 366 g/mol. The van der Waals surface area contributed by atoms with Gasteiger partial charge in [-0.1, -0.05) is 33.8 Å². The highest BCUT2D eigenvalue weighted by atomic mass is 32.1. The minimum atomic E-state index is -0.908. The second-order valence-corrected chi connectivity index (χ2v) is 8.25. The first kappa shape index (κ1) is 19.4. The first-order valence-electron chi connectivity index (χ1n) is 8.55. The molecule has 138 valence electrons. The summed E-state index contributed by atoms with van der Waals surface area (Å²) < 4.78 is 0. The maximum absolute atomic E-state index is 12.9. The summed E-state index contributed by atoms with van der Waals surface area (Å²) in [6, 6.07) is 2.84. The zero-order valence-electron chi connectivity index (χ0n) is 15.1. The van der Waals surface area contributed by atoms with Crippen LogP contribution < -0.4 is 5.32 Å². The molecule has 1 aliphatic rings. The van der Waals surface area contributed by atoms with Gasteiger partial charge in [-0.05, 0) is 29.7 Å². The molecule has 1 aromatic heterocycles. The molecule has 1 saturated heterocycles. The van der Waals surface area contributed by atoms with Gasteiger partial charge in [-0.15, -0.1) is 11.3 Å². The van der Waals surface area contributed by atoms with Crippen LogP contribution in [0.15, 0.2) is 17.5 Å². The summed E-state index contributed by atoms with van der Waals surface area (Å²) in [5.41, 5.74) is -0.908. The zero-order valence-corrected chi connectivity index (χ0v) is 15.9. The summed E-state index contributed by atoms with van der Waals surface area (Å²) >= 11 is 1.32. The van der Waals surface area contributed by atoms with Crippen LogP contribution in [0, 0.1) is 17.3 Å². The topological polar surface area (TPSA) is 86.7 Å². The minimum absolute atomic E-state index is 0.0685. The Morgan fingerprint density at radius 3 is 2.40 bits per heavy atom. The van der Waals surface area contributed by atoms with Gasteiger partial charge in [0.25, 0.3) is 5.91 Å². The second kappa shape index (κ2) is 7.56. The molecule has 0 bridgehead atoms. The summed E-state index contributed by atoms with van der Waals surface area (Å²) in [6.45, 7) is 8.10. The van der Waals surface area contributed by atoms with Crippen molar-refractivity contribution in [3.8, 4) is 0 Å². The normalized spacial score (nSPS) is 21.6. The molecule has 2 rings (SSSR count). The van der Waals surface area contributed by atoms with E-state index in [1.807, 2.05) is 33.1 Å². The highest BCUT2D eigenvalue weighted by molar-refractivity contribution is 7.12. The highest BCUT2D eigenvalue weighted by Crippen LogP contribution is 2.38. The molecule has 0 saturated carbocycles. The van der Waals surface area contributed by atoms with Crippen LogP contribution in [0.25, 0.3) is 0 Å². The third kappa shape index (κ3) is 3.86. The third-order valence-corrected chi connectivity index (χ3v) is 5.98. The zero-order chi connectivity index (χ0) is 18.8. The Kier molecular flexibility index (Phi) is 5.87. The number of thiophene rings is 1. The van der Waals surface area contributed by atoms with Crippen molar-refractivity contribution in [2.45, 2.75) is 40.2 Å². The predicted molar refractivity (Wildman–Crippen MR) is 96.5 cm³/mol. The molecule has 7 heteroatoms. The number of amides is 2. The van der Waals surface area contributed by atoms with Gasteiger partial charge in [0, 0.05) is 13.1 Å². The number of carboxylic acids is 1. The van der Waals surface area contributed by atoms with E-state index in [1.54, 1.807) is 17.0 Å². The molecule has 1 aromatic rings. The van der Waals surface area contributed by atoms with E-state index in [9.17, 15) is 19.5 Å². The number of carbonyl (C=O) groups excluding carboxylic acids is 2. The molecule has 0 aromatic carbocycles. The summed E-state index contributed by atoms with van der Waals surface area (Å²) in [7, 11) is 0. The van der Waals surface area contributed by atoms with Crippen molar-refractivity contribution in [1.29, 1.82) is 0 Å². The van der Waals surface area contributed by atoms with E-state index in [2.05, 4.69) is 5.32 Å². The lowest BCUT2D eigenvalue weighted by Gasteiger charge is -2.31. The van der Waals surface area contributed by atoms with Gasteiger partial charge in [-0.25, -0.2) is 0 Å². The van der Waals surface area contributed by atoms with Crippen LogP contribution >= 0.6 is 11.3 Å². The highest BCUT2D eigenvalue weighted by Gasteiger charge is 2.49. The van der Waals surface area contributed by atoms with Crippen LogP contribution in [0.5, 0.6) is 0 Å². The summed E-state index contributed by atoms with van der Waals surface area (Å²) in [5, 5.41) is 14.3. The quantitative estimate of drug-likeness (QED) is 0.810. The smallest absolute Gasteiger partial charge is 0.311 e. The standard InChI is InChI=1S/C18H26N2O4S/c1-11(2)14(19-15(21)13-6-5-9-25-13)16(22)20-8-7-18(10-20,12(3)4)17(23)24/h5-6,9,11-12,14H,7-8,10H2,1-4H3,(H,19,21)(H,23,24). The molecule has 1 aliphatic heterocycles. The average molecular weight is 366 g/mol. The summed E-state index contributed by atoms with van der Waals surface area (Å²) in [6.07, 6.45) is 0.440. The summed E-state index contributed by atoms with van der Waals surface area (Å²) in [4.78, 5) is 39.2. The Labute approximate surface area is 152 Å². The lowest BCUT2D eigenvalue weighted by atomic mass is 9.76. The Hall–Kier alpha value is -1.89. The van der Waals surface area contributed by atoms with Crippen molar-refractivity contribution in [1.82, 2.24) is 10.2 Å². The first-order chi connectivity index (χ1) is 11.7. The number of rotatable bonds is 6. The maximum atomic E-state index is 12.9. The molecule has 6 nitrogen and oxygen atoms in total. The van der Waals surface area contributed by atoms with E-state index < -0.39 is 17.4 Å². The van der Waals surface area contributed by atoms with Crippen molar-refractivity contribution in [3.05, 3.63) is 22.4 Å². The second-order valence-electron chi connectivity index (χ2n) is 7.30. The number of carbonyl (C=O) groups is 3. The van der Waals surface area contributed by atoms with E-state index in [1.165, 1.54) is 11.3 Å². The number of aliphatic carboxylic acids is 1. The van der Waals surface area contributed by atoms with Crippen LogP contribution in [0.1, 0.15) is 43.8 Å². The Morgan fingerprint density at radius 1 is 1.28 bits per heavy atom. The molecule has 1 fully saturated rings. The number of nitrogens with one attached hydrogen (secondary N) is 1. The van der Waals surface area contributed by atoms with E-state index >= 15 is 0 Å². The minimum Gasteiger partial charge on any atom is -0.481 e. The largest absolute Gasteiger partial charge is 0.481 e. The fourth-order valence-corrected chi connectivity index (χ4v) is 3.87. The molecular weight excluding hydrogens is 340 g/mol. The van der Waals surface area contributed by atoms with Gasteiger partial charge in [0.2, 0.25) is 5.91 Å². The van der Waals surface area contributed by atoms with Gasteiger partial charge in [-0.3, -0.25) is 14.4 Å². The van der Waals surface area contributed by atoms with E-state index in [-0.39, 0.29) is 30.2 Å². The molecule has 0 radical (unpaired) electrons. The molecule has 2 unspecified atom stereocenters. The molecule has 2 heterocycles. The Morgan fingerprint density at radius 2 is 1.96 bits per heavy atom. The van der Waals surface area contributed by atoms with E-state index in [4.69, 9.17) is 0 Å². The number of carboxylic acid groups (broad SMARTS) is 1. The van der Waals surface area contributed by atoms with Crippen molar-refractivity contribution < 1.29 is 19.5 Å². The predicted octanol–water partition coefficient (Wildman–Crippen LogP) is 2.46. The number of hydrogen-bond acceptors (Lipinski definition) is 4. The number of nitrogens with zero attached hydrogens (tertiary/aromatic N) is 1. The van der Waals surface area contributed by atoms with Crippen LogP contribution in [-0.2, 0) is 9.59 Å². The average Bonchev–Trinajstić information content (AvgIpc) is 3.20. The van der Waals surface area contributed by atoms with Crippen LogP contribution in [0.2, 0.25) is 0 Å².